The van der Waals surface area contributed by atoms with E-state index in [0.717, 1.165) is 11.4 Å². The highest BCUT2D eigenvalue weighted by atomic mass is 35.5. The number of nitrogens with one attached hydrogen (secondary N) is 1. The number of carbonyl (C=O) groups excluding carboxylic acids is 2. The van der Waals surface area contributed by atoms with Gasteiger partial charge in [0.25, 0.3) is 11.7 Å². The van der Waals surface area contributed by atoms with Crippen molar-refractivity contribution in [1.82, 2.24) is 0 Å². The normalized spacial score (nSPS) is 16.4. The van der Waals surface area contributed by atoms with Gasteiger partial charge in [-0.25, -0.2) is 0 Å². The Balaban J connectivity index is 1.62. The fourth-order valence-corrected chi connectivity index (χ4v) is 5.19. The largest absolute Gasteiger partial charge is 0.507 e. The second-order valence-corrected chi connectivity index (χ2v) is 9.29. The van der Waals surface area contributed by atoms with Crippen LogP contribution >= 0.6 is 23.2 Å². The van der Waals surface area contributed by atoms with Crippen molar-refractivity contribution in [2.24, 2.45) is 0 Å². The minimum atomic E-state index is -1.07. The Kier molecular flexibility index (Phi) is 7.24. The number of Topliss-reactive ketones (excluding diaryl/α,β-unsaturated/α-hetero) is 1. The number of amides is 1. The number of nitrogens with zero attached hydrogens (tertiary/aromatic N) is 1. The molecular formula is C29H22Cl2N2O6. The van der Waals surface area contributed by atoms with E-state index in [1.807, 2.05) is 30.3 Å². The van der Waals surface area contributed by atoms with E-state index in [0.29, 0.717) is 5.69 Å². The molecule has 8 nitrogen and oxygen atoms in total. The molecule has 1 atom stereocenters. The fourth-order valence-electron chi connectivity index (χ4n) is 4.50. The van der Waals surface area contributed by atoms with Gasteiger partial charge in [0.1, 0.15) is 22.6 Å². The van der Waals surface area contributed by atoms with Crippen molar-refractivity contribution in [3.05, 3.63) is 106 Å². The van der Waals surface area contributed by atoms with Gasteiger partial charge in [0.15, 0.2) is 11.5 Å². The van der Waals surface area contributed by atoms with Gasteiger partial charge in [-0.2, -0.15) is 0 Å². The van der Waals surface area contributed by atoms with E-state index in [-0.39, 0.29) is 38.4 Å². The summed E-state index contributed by atoms with van der Waals surface area (Å²) in [5.74, 6) is -1.85. The lowest BCUT2D eigenvalue weighted by Gasteiger charge is -2.24. The van der Waals surface area contributed by atoms with Crippen LogP contribution in [0, 0.1) is 0 Å². The highest BCUT2D eigenvalue weighted by Crippen LogP contribution is 2.48. The smallest absolute Gasteiger partial charge is 0.300 e. The molecule has 0 aliphatic carbocycles. The maximum atomic E-state index is 13.4. The maximum absolute atomic E-state index is 13.4. The van der Waals surface area contributed by atoms with Crippen LogP contribution in [0.3, 0.4) is 0 Å². The number of ketones is 1. The average molecular weight is 565 g/mol. The molecule has 1 aliphatic heterocycles. The molecule has 0 radical (unpaired) electrons. The van der Waals surface area contributed by atoms with E-state index in [9.17, 15) is 14.7 Å². The first-order valence-corrected chi connectivity index (χ1v) is 12.5. The number of para-hydroxylation sites is 1. The highest BCUT2D eigenvalue weighted by Gasteiger charge is 2.48. The zero-order valence-corrected chi connectivity index (χ0v) is 22.3. The Bertz CT molecular complexity index is 1570. The first-order chi connectivity index (χ1) is 18.8. The van der Waals surface area contributed by atoms with Crippen LogP contribution in [0.2, 0.25) is 10.0 Å². The number of rotatable bonds is 7. The molecule has 39 heavy (non-hydrogen) atoms. The second-order valence-electron chi connectivity index (χ2n) is 8.51. The summed E-state index contributed by atoms with van der Waals surface area (Å²) in [6.07, 6.45) is 1.42. The summed E-state index contributed by atoms with van der Waals surface area (Å²) < 4.78 is 16.3. The van der Waals surface area contributed by atoms with Crippen LogP contribution in [-0.4, -0.2) is 31.0 Å². The van der Waals surface area contributed by atoms with Crippen LogP contribution in [-0.2, 0) is 9.59 Å². The molecule has 10 heteroatoms. The number of anilines is 3. The number of aliphatic hydroxyl groups excluding tert-OH is 1. The van der Waals surface area contributed by atoms with Gasteiger partial charge < -0.3 is 24.3 Å². The molecule has 0 bridgehead atoms. The lowest BCUT2D eigenvalue weighted by Crippen LogP contribution is -2.29. The number of halogens is 2. The third kappa shape index (κ3) is 4.69. The zero-order valence-electron chi connectivity index (χ0n) is 20.8. The molecule has 5 rings (SSSR count). The molecule has 198 valence electrons. The summed E-state index contributed by atoms with van der Waals surface area (Å²) in [4.78, 5) is 28.1. The molecule has 1 fully saturated rings. The standard InChI is InChI=1S/C29H22Cl2N2O6/c1-37-27-19(15-20(30)28(38-2)23(27)31)25(34)22-24(21-9-6-14-39-21)33(29(36)26(22)35)18-12-10-17(11-13-18)32-16-7-4-3-5-8-16/h3-15,24,32,34H,1-2H3/b25-22-. The predicted molar refractivity (Wildman–Crippen MR) is 149 cm³/mol. The van der Waals surface area contributed by atoms with Gasteiger partial charge in [-0.3, -0.25) is 14.5 Å². The van der Waals surface area contributed by atoms with Gasteiger partial charge >= 0.3 is 0 Å². The number of hydrogen-bond acceptors (Lipinski definition) is 7. The molecule has 0 spiro atoms. The highest BCUT2D eigenvalue weighted by molar-refractivity contribution is 6.52. The fraction of sp³-hybridized carbons (Fsp3) is 0.103. The molecule has 1 aromatic heterocycles. The summed E-state index contributed by atoms with van der Waals surface area (Å²) in [6.45, 7) is 0. The summed E-state index contributed by atoms with van der Waals surface area (Å²) >= 11 is 12.7. The van der Waals surface area contributed by atoms with Crippen LogP contribution in [0.4, 0.5) is 17.1 Å². The van der Waals surface area contributed by atoms with Crippen molar-refractivity contribution in [3.63, 3.8) is 0 Å². The Labute approximate surface area is 234 Å². The zero-order chi connectivity index (χ0) is 27.7. The number of aliphatic hydroxyl groups is 1. The van der Waals surface area contributed by atoms with Crippen LogP contribution in [0.25, 0.3) is 5.76 Å². The summed E-state index contributed by atoms with van der Waals surface area (Å²) in [7, 11) is 2.73. The Hall–Kier alpha value is -4.40. The first kappa shape index (κ1) is 26.2. The summed E-state index contributed by atoms with van der Waals surface area (Å²) in [6, 6.07) is 20.1. The van der Waals surface area contributed by atoms with E-state index in [1.54, 1.807) is 36.4 Å². The molecule has 0 saturated carbocycles. The summed E-state index contributed by atoms with van der Waals surface area (Å²) in [5.41, 5.74) is 1.91. The second kappa shape index (κ2) is 10.8. The molecular weight excluding hydrogens is 543 g/mol. The third-order valence-corrected chi connectivity index (χ3v) is 6.88. The SMILES string of the molecule is COc1c(Cl)cc(/C(O)=C2/C(=O)C(=O)N(c3ccc(Nc4ccccc4)cc3)C2c2ccco2)c(OC)c1Cl. The number of furan rings is 1. The number of carbonyl (C=O) groups is 2. The molecule has 2 heterocycles. The minimum absolute atomic E-state index is 0.000618. The number of benzene rings is 3. The topological polar surface area (TPSA) is 101 Å². The predicted octanol–water partition coefficient (Wildman–Crippen LogP) is 6.97. The van der Waals surface area contributed by atoms with Gasteiger partial charge in [-0.15, -0.1) is 0 Å². The monoisotopic (exact) mass is 564 g/mol. The lowest BCUT2D eigenvalue weighted by atomic mass is 9.98. The quantitative estimate of drug-likeness (QED) is 0.142. The van der Waals surface area contributed by atoms with E-state index < -0.39 is 23.5 Å². The van der Waals surface area contributed by atoms with Gasteiger partial charge in [0, 0.05) is 17.1 Å². The van der Waals surface area contributed by atoms with E-state index in [1.165, 1.54) is 31.4 Å². The lowest BCUT2D eigenvalue weighted by molar-refractivity contribution is -0.132. The van der Waals surface area contributed by atoms with Gasteiger partial charge in [-0.05, 0) is 54.6 Å². The Morgan fingerprint density at radius 2 is 1.59 bits per heavy atom. The van der Waals surface area contributed by atoms with Crippen molar-refractivity contribution in [3.8, 4) is 11.5 Å². The van der Waals surface area contributed by atoms with Crippen LogP contribution < -0.4 is 19.7 Å². The Morgan fingerprint density at radius 1 is 0.923 bits per heavy atom. The molecule has 4 aromatic rings. The summed E-state index contributed by atoms with van der Waals surface area (Å²) in [5, 5.41) is 14.8. The van der Waals surface area contributed by atoms with Crippen molar-refractivity contribution in [2.75, 3.05) is 24.4 Å². The molecule has 1 saturated heterocycles. The maximum Gasteiger partial charge on any atom is 0.300 e. The van der Waals surface area contributed by atoms with Crippen molar-refractivity contribution >= 4 is 57.7 Å². The van der Waals surface area contributed by atoms with Gasteiger partial charge in [-0.1, -0.05) is 41.4 Å². The number of methoxy groups -OCH3 is 2. The molecule has 3 aromatic carbocycles. The van der Waals surface area contributed by atoms with E-state index in [2.05, 4.69) is 5.32 Å². The molecule has 1 aliphatic rings. The van der Waals surface area contributed by atoms with Crippen molar-refractivity contribution < 1.29 is 28.6 Å². The minimum Gasteiger partial charge on any atom is -0.507 e. The van der Waals surface area contributed by atoms with Crippen LogP contribution in [0.1, 0.15) is 17.4 Å². The van der Waals surface area contributed by atoms with E-state index in [4.69, 9.17) is 37.1 Å². The van der Waals surface area contributed by atoms with Crippen LogP contribution in [0.15, 0.2) is 89.0 Å². The third-order valence-electron chi connectivity index (χ3n) is 6.26. The van der Waals surface area contributed by atoms with Crippen LogP contribution in [0.5, 0.6) is 11.5 Å². The van der Waals surface area contributed by atoms with Gasteiger partial charge in [0.2, 0.25) is 0 Å². The average Bonchev–Trinajstić information content (AvgIpc) is 3.56. The number of ether oxygens (including phenoxy) is 2. The Morgan fingerprint density at radius 3 is 2.21 bits per heavy atom. The molecule has 1 unspecified atom stereocenters. The van der Waals surface area contributed by atoms with E-state index >= 15 is 0 Å². The first-order valence-electron chi connectivity index (χ1n) is 11.7. The molecule has 1 amide bonds. The van der Waals surface area contributed by atoms with Crippen molar-refractivity contribution in [1.29, 1.82) is 0 Å². The molecule has 2 N–H and O–H groups in total. The van der Waals surface area contributed by atoms with Crippen molar-refractivity contribution in [2.45, 2.75) is 6.04 Å². The van der Waals surface area contributed by atoms with Gasteiger partial charge in [0.05, 0.1) is 36.6 Å². The number of hydrogen-bond donors (Lipinski definition) is 2.